The topological polar surface area (TPSA) is 76.7 Å². The maximum absolute atomic E-state index is 13.9. The molecule has 2 aromatic carbocycles. The number of alkyl halides is 3. The lowest BCUT2D eigenvalue weighted by atomic mass is 10.2. The Morgan fingerprint density at radius 3 is 2.14 bits per heavy atom. The fraction of sp³-hybridized carbons (Fsp3) is 0.222. The van der Waals surface area contributed by atoms with E-state index in [4.69, 9.17) is 4.74 Å². The van der Waals surface area contributed by atoms with Gasteiger partial charge in [0, 0.05) is 5.69 Å². The van der Waals surface area contributed by atoms with E-state index >= 15 is 0 Å². The Balaban J connectivity index is 2.36. The summed E-state index contributed by atoms with van der Waals surface area (Å²) in [5.74, 6) is -2.77. The average molecular weight is 400 g/mol. The normalized spacial score (nSPS) is 13.2. The van der Waals surface area contributed by atoms with E-state index < -0.39 is 29.7 Å². The van der Waals surface area contributed by atoms with Gasteiger partial charge in [-0.25, -0.2) is 14.0 Å². The third kappa shape index (κ3) is 4.90. The summed E-state index contributed by atoms with van der Waals surface area (Å²) in [5, 5.41) is 3.58. The number of carbonyl (C=O) groups is 2. The van der Waals surface area contributed by atoms with E-state index in [9.17, 15) is 27.2 Å². The van der Waals surface area contributed by atoms with Crippen molar-refractivity contribution in [2.24, 2.45) is 0 Å². The number of amides is 2. The molecule has 0 unspecified atom stereocenters. The molecule has 0 aromatic heterocycles. The lowest BCUT2D eigenvalue weighted by molar-refractivity contribution is -0.259. The van der Waals surface area contributed by atoms with E-state index in [0.29, 0.717) is 0 Å². The zero-order valence-electron chi connectivity index (χ0n) is 14.5. The second kappa shape index (κ2) is 8.59. The fourth-order valence-electron chi connectivity index (χ4n) is 2.12. The molecule has 0 bridgehead atoms. The van der Waals surface area contributed by atoms with Crippen LogP contribution in [0.5, 0.6) is 5.75 Å². The number of hydrogen-bond donors (Lipinski definition) is 2. The highest BCUT2D eigenvalue weighted by molar-refractivity contribution is 5.94. The zero-order chi connectivity index (χ0) is 20.8. The maximum atomic E-state index is 13.9. The number of carbonyl (C=O) groups excluding carboxylic acids is 2. The molecule has 0 heterocycles. The largest absolute Gasteiger partial charge is 0.461 e. The second-order valence-corrected chi connectivity index (χ2v) is 5.40. The van der Waals surface area contributed by atoms with E-state index in [1.807, 2.05) is 0 Å². The molecule has 150 valence electrons. The molecular formula is C18H16F4N2O4. The van der Waals surface area contributed by atoms with Crippen LogP contribution in [0.1, 0.15) is 6.92 Å². The van der Waals surface area contributed by atoms with Crippen LogP contribution < -0.4 is 15.4 Å². The predicted molar refractivity (Wildman–Crippen MR) is 91.0 cm³/mol. The predicted octanol–water partition coefficient (Wildman–Crippen LogP) is 3.85. The van der Waals surface area contributed by atoms with Crippen LogP contribution in [-0.4, -0.2) is 30.5 Å². The van der Waals surface area contributed by atoms with Crippen molar-refractivity contribution in [1.82, 2.24) is 5.32 Å². The Labute approximate surface area is 157 Å². The minimum Gasteiger partial charge on any atom is -0.461 e. The van der Waals surface area contributed by atoms with E-state index in [-0.39, 0.29) is 18.0 Å². The Kier molecular flexibility index (Phi) is 6.45. The Morgan fingerprint density at radius 1 is 1.00 bits per heavy atom. The lowest BCUT2D eigenvalue weighted by Crippen LogP contribution is -2.69. The molecule has 0 fully saturated rings. The molecule has 2 amide bonds. The van der Waals surface area contributed by atoms with E-state index in [1.54, 1.807) is 0 Å². The standard InChI is InChI=1S/C18H16F4N2O4/c1-2-27-15(25)17(18(20,21)22,28-14-6-4-3-5-7-14)24-16(26)23-13-10-8-12(19)9-11-13/h3-11H,2H2,1H3,(H2,23,24,26)/t17-/m0/s1. The highest BCUT2D eigenvalue weighted by Gasteiger charge is 2.66. The molecule has 10 heteroatoms. The maximum Gasteiger partial charge on any atom is 0.460 e. The van der Waals surface area contributed by atoms with E-state index in [0.717, 1.165) is 24.3 Å². The van der Waals surface area contributed by atoms with E-state index in [2.05, 4.69) is 10.1 Å². The minimum absolute atomic E-state index is 0.00135. The van der Waals surface area contributed by atoms with Crippen molar-refractivity contribution in [2.75, 3.05) is 11.9 Å². The lowest BCUT2D eigenvalue weighted by Gasteiger charge is -2.33. The highest BCUT2D eigenvalue weighted by atomic mass is 19.4. The van der Waals surface area contributed by atoms with Crippen molar-refractivity contribution in [3.8, 4) is 5.75 Å². The first-order valence-electron chi connectivity index (χ1n) is 8.00. The quantitative estimate of drug-likeness (QED) is 0.439. The molecule has 6 nitrogen and oxygen atoms in total. The third-order valence-corrected chi connectivity index (χ3v) is 3.37. The number of anilines is 1. The van der Waals surface area contributed by atoms with Crippen LogP contribution >= 0.6 is 0 Å². The van der Waals surface area contributed by atoms with Crippen molar-refractivity contribution >= 4 is 17.7 Å². The van der Waals surface area contributed by atoms with Crippen molar-refractivity contribution in [3.05, 3.63) is 60.4 Å². The monoisotopic (exact) mass is 400 g/mol. The van der Waals surface area contributed by atoms with Crippen molar-refractivity contribution in [3.63, 3.8) is 0 Å². The van der Waals surface area contributed by atoms with Gasteiger partial charge in [0.25, 0.3) is 0 Å². The van der Waals surface area contributed by atoms with Gasteiger partial charge in [-0.1, -0.05) is 18.2 Å². The molecule has 0 aliphatic heterocycles. The number of benzene rings is 2. The summed E-state index contributed by atoms with van der Waals surface area (Å²) in [6.07, 6.45) is -5.37. The number of nitrogens with one attached hydrogen (secondary N) is 2. The van der Waals surface area contributed by atoms with Crippen LogP contribution in [0.4, 0.5) is 28.0 Å². The van der Waals surface area contributed by atoms with Crippen LogP contribution in [0.2, 0.25) is 0 Å². The van der Waals surface area contributed by atoms with Gasteiger partial charge >= 0.3 is 23.9 Å². The van der Waals surface area contributed by atoms with Gasteiger partial charge in [-0.15, -0.1) is 0 Å². The van der Waals surface area contributed by atoms with Crippen LogP contribution in [0.3, 0.4) is 0 Å². The van der Waals surface area contributed by atoms with Gasteiger partial charge in [-0.05, 0) is 43.3 Å². The molecule has 0 aliphatic rings. The Morgan fingerprint density at radius 2 is 1.61 bits per heavy atom. The molecule has 2 rings (SSSR count). The molecular weight excluding hydrogens is 384 g/mol. The minimum atomic E-state index is -5.37. The molecule has 2 N–H and O–H groups in total. The Bertz CT molecular complexity index is 813. The van der Waals surface area contributed by atoms with Crippen LogP contribution in [-0.2, 0) is 9.53 Å². The molecule has 0 spiro atoms. The van der Waals surface area contributed by atoms with Crippen LogP contribution in [0.15, 0.2) is 54.6 Å². The van der Waals surface area contributed by atoms with Gasteiger partial charge in [0.1, 0.15) is 11.6 Å². The smallest absolute Gasteiger partial charge is 0.460 e. The number of hydrogen-bond acceptors (Lipinski definition) is 4. The second-order valence-electron chi connectivity index (χ2n) is 5.40. The summed E-state index contributed by atoms with van der Waals surface area (Å²) in [4.78, 5) is 24.3. The van der Waals surface area contributed by atoms with Gasteiger partial charge in [0.2, 0.25) is 0 Å². The van der Waals surface area contributed by atoms with Gasteiger partial charge in [0.05, 0.1) is 6.61 Å². The summed E-state index contributed by atoms with van der Waals surface area (Å²) in [6.45, 7) is 0.927. The first-order valence-corrected chi connectivity index (χ1v) is 8.00. The third-order valence-electron chi connectivity index (χ3n) is 3.37. The molecule has 1 atom stereocenters. The van der Waals surface area contributed by atoms with Crippen molar-refractivity contribution < 1.29 is 36.6 Å². The average Bonchev–Trinajstić information content (AvgIpc) is 2.63. The fourth-order valence-corrected chi connectivity index (χ4v) is 2.12. The summed E-state index contributed by atoms with van der Waals surface area (Å²) < 4.78 is 63.9. The molecule has 2 aromatic rings. The molecule has 0 radical (unpaired) electrons. The van der Waals surface area contributed by atoms with Gasteiger partial charge in [-0.2, -0.15) is 13.2 Å². The first-order chi connectivity index (χ1) is 13.2. The summed E-state index contributed by atoms with van der Waals surface area (Å²) in [6, 6.07) is 9.52. The number of esters is 1. The molecule has 0 aliphatic carbocycles. The number of rotatable bonds is 6. The number of ether oxygens (including phenoxy) is 2. The number of halogens is 4. The summed E-state index contributed by atoms with van der Waals surface area (Å²) >= 11 is 0. The summed E-state index contributed by atoms with van der Waals surface area (Å²) in [7, 11) is 0. The van der Waals surface area contributed by atoms with Gasteiger partial charge < -0.3 is 14.8 Å². The van der Waals surface area contributed by atoms with Crippen LogP contribution in [0.25, 0.3) is 0 Å². The molecule has 0 saturated heterocycles. The highest BCUT2D eigenvalue weighted by Crippen LogP contribution is 2.34. The van der Waals surface area contributed by atoms with Crippen molar-refractivity contribution in [2.45, 2.75) is 18.8 Å². The van der Waals surface area contributed by atoms with E-state index in [1.165, 1.54) is 42.6 Å². The first kappa shape index (κ1) is 21.0. The molecule has 0 saturated carbocycles. The SMILES string of the molecule is CCOC(=O)[C@](NC(=O)Nc1ccc(F)cc1)(Oc1ccccc1)C(F)(F)F. The summed E-state index contributed by atoms with van der Waals surface area (Å²) in [5.41, 5.74) is -3.80. The zero-order valence-corrected chi connectivity index (χ0v) is 14.5. The van der Waals surface area contributed by atoms with Crippen molar-refractivity contribution in [1.29, 1.82) is 0 Å². The van der Waals surface area contributed by atoms with Gasteiger partial charge in [0.15, 0.2) is 0 Å². The molecule has 28 heavy (non-hydrogen) atoms. The van der Waals surface area contributed by atoms with Gasteiger partial charge in [-0.3, -0.25) is 5.32 Å². The Hall–Kier alpha value is -3.30. The number of para-hydroxylation sites is 1. The number of urea groups is 1. The van der Waals surface area contributed by atoms with Crippen LogP contribution in [0, 0.1) is 5.82 Å².